The van der Waals surface area contributed by atoms with Crippen LogP contribution in [0.4, 0.5) is 0 Å². The maximum Gasteiger partial charge on any atom is 0.337 e. The van der Waals surface area contributed by atoms with Gasteiger partial charge in [-0.1, -0.05) is 12.1 Å². The monoisotopic (exact) mass is 270 g/mol. The highest BCUT2D eigenvalue weighted by Crippen LogP contribution is 2.25. The quantitative estimate of drug-likeness (QED) is 0.553. The van der Waals surface area contributed by atoms with Crippen LogP contribution in [0.25, 0.3) is 0 Å². The van der Waals surface area contributed by atoms with Crippen LogP contribution in [0.3, 0.4) is 0 Å². The molecule has 0 aliphatic carbocycles. The van der Waals surface area contributed by atoms with E-state index in [9.17, 15) is 14.7 Å². The Morgan fingerprint density at radius 2 is 2.11 bits per heavy atom. The Morgan fingerprint density at radius 1 is 1.44 bits per heavy atom. The van der Waals surface area contributed by atoms with Gasteiger partial charge in [-0.25, -0.2) is 4.79 Å². The molecule has 0 saturated heterocycles. The van der Waals surface area contributed by atoms with Gasteiger partial charge in [0.05, 0.1) is 7.11 Å². The number of carboxylic acids is 1. The number of carbonyl (C=O) groups is 2. The molecule has 98 valence electrons. The zero-order valence-corrected chi connectivity index (χ0v) is 10.7. The number of carboxylic acid groups (broad SMARTS) is 1. The minimum atomic E-state index is -1.62. The van der Waals surface area contributed by atoms with Gasteiger partial charge in [-0.05, 0) is 23.6 Å². The molecule has 1 aromatic carbocycles. The fourth-order valence-electron chi connectivity index (χ4n) is 1.58. The fourth-order valence-corrected chi connectivity index (χ4v) is 1.91. The molecule has 5 nitrogen and oxygen atoms in total. The van der Waals surface area contributed by atoms with Gasteiger partial charge in [0.2, 0.25) is 0 Å². The van der Waals surface area contributed by atoms with Crippen molar-refractivity contribution in [3.05, 3.63) is 29.3 Å². The van der Waals surface area contributed by atoms with E-state index in [1.165, 1.54) is 13.2 Å². The molecule has 0 aliphatic rings. The SMILES string of the molecule is COC(=O)CCc1c(S)cccc1C(O)C(=O)O. The van der Waals surface area contributed by atoms with Crippen LogP contribution in [-0.4, -0.2) is 29.3 Å². The average Bonchev–Trinajstić information content (AvgIpc) is 2.35. The van der Waals surface area contributed by atoms with Gasteiger partial charge >= 0.3 is 11.9 Å². The maximum absolute atomic E-state index is 11.1. The number of ether oxygens (including phenoxy) is 1. The standard InChI is InChI=1S/C12H14O5S/c1-17-10(13)6-5-7-8(11(14)12(15)16)3-2-4-9(7)18/h2-4,11,14,18H,5-6H2,1H3,(H,15,16). The molecule has 0 saturated carbocycles. The maximum atomic E-state index is 11.1. The number of methoxy groups -OCH3 is 1. The van der Waals surface area contributed by atoms with Crippen molar-refractivity contribution in [2.75, 3.05) is 7.11 Å². The van der Waals surface area contributed by atoms with Gasteiger partial charge in [-0.15, -0.1) is 12.6 Å². The lowest BCUT2D eigenvalue weighted by atomic mass is 9.98. The van der Waals surface area contributed by atoms with Gasteiger partial charge < -0.3 is 14.9 Å². The number of thiol groups is 1. The van der Waals surface area contributed by atoms with Crippen molar-refractivity contribution in [2.24, 2.45) is 0 Å². The zero-order valence-electron chi connectivity index (χ0n) is 9.79. The highest BCUT2D eigenvalue weighted by Gasteiger charge is 2.21. The van der Waals surface area contributed by atoms with E-state index >= 15 is 0 Å². The molecule has 0 spiro atoms. The van der Waals surface area contributed by atoms with E-state index in [0.717, 1.165) is 0 Å². The highest BCUT2D eigenvalue weighted by molar-refractivity contribution is 7.80. The van der Waals surface area contributed by atoms with Gasteiger partial charge in [0.15, 0.2) is 6.10 Å². The molecular formula is C12H14O5S. The number of carbonyl (C=O) groups excluding carboxylic acids is 1. The third-order valence-corrected chi connectivity index (χ3v) is 2.94. The first-order chi connectivity index (χ1) is 8.47. The third-order valence-electron chi connectivity index (χ3n) is 2.52. The first kappa shape index (κ1) is 14.5. The summed E-state index contributed by atoms with van der Waals surface area (Å²) in [5, 5.41) is 18.4. The second-order valence-corrected chi connectivity index (χ2v) is 4.14. The smallest absolute Gasteiger partial charge is 0.337 e. The summed E-state index contributed by atoms with van der Waals surface area (Å²) in [6.45, 7) is 0. The fraction of sp³-hybridized carbons (Fsp3) is 0.333. The zero-order chi connectivity index (χ0) is 13.7. The van der Waals surface area contributed by atoms with Crippen molar-refractivity contribution < 1.29 is 24.5 Å². The van der Waals surface area contributed by atoms with Gasteiger partial charge in [-0.3, -0.25) is 4.79 Å². The Kier molecular flexibility index (Phi) is 5.18. The predicted octanol–water partition coefficient (Wildman–Crippen LogP) is 1.20. The van der Waals surface area contributed by atoms with E-state index in [1.54, 1.807) is 12.1 Å². The Morgan fingerprint density at radius 3 is 2.67 bits per heavy atom. The van der Waals surface area contributed by atoms with Crippen molar-refractivity contribution >= 4 is 24.6 Å². The second kappa shape index (κ2) is 6.42. The second-order valence-electron chi connectivity index (χ2n) is 3.66. The molecule has 0 bridgehead atoms. The topological polar surface area (TPSA) is 83.8 Å². The van der Waals surface area contributed by atoms with Gasteiger partial charge in [0.25, 0.3) is 0 Å². The Labute approximate surface area is 110 Å². The Balaban J connectivity index is 3.01. The molecule has 18 heavy (non-hydrogen) atoms. The van der Waals surface area contributed by atoms with Gasteiger partial charge in [0, 0.05) is 11.3 Å². The predicted molar refractivity (Wildman–Crippen MR) is 66.6 cm³/mol. The van der Waals surface area contributed by atoms with Crippen LogP contribution < -0.4 is 0 Å². The summed E-state index contributed by atoms with van der Waals surface area (Å²) in [7, 11) is 1.28. The van der Waals surface area contributed by atoms with Crippen LogP contribution in [0.15, 0.2) is 23.1 Å². The number of rotatable bonds is 5. The molecule has 0 radical (unpaired) electrons. The molecule has 1 atom stereocenters. The first-order valence-corrected chi connectivity index (χ1v) is 5.70. The van der Waals surface area contributed by atoms with E-state index in [-0.39, 0.29) is 18.4 Å². The molecule has 1 aromatic rings. The number of aliphatic hydroxyl groups excluding tert-OH is 1. The Bertz CT molecular complexity index is 458. The van der Waals surface area contributed by atoms with Crippen molar-refractivity contribution in [1.82, 2.24) is 0 Å². The summed E-state index contributed by atoms with van der Waals surface area (Å²) < 4.78 is 4.52. The van der Waals surface area contributed by atoms with Crippen LogP contribution >= 0.6 is 12.6 Å². The summed E-state index contributed by atoms with van der Waals surface area (Å²) in [5.74, 6) is -1.74. The number of aliphatic carboxylic acids is 1. The van der Waals surface area contributed by atoms with Crippen LogP contribution in [0.1, 0.15) is 23.7 Å². The first-order valence-electron chi connectivity index (χ1n) is 5.25. The molecule has 0 heterocycles. The molecule has 0 fully saturated rings. The highest BCUT2D eigenvalue weighted by atomic mass is 32.1. The minimum absolute atomic E-state index is 0.105. The van der Waals surface area contributed by atoms with E-state index in [0.29, 0.717) is 10.5 Å². The lowest BCUT2D eigenvalue weighted by molar-refractivity contribution is -0.147. The molecular weight excluding hydrogens is 256 g/mol. The molecule has 0 aromatic heterocycles. The molecule has 1 rings (SSSR count). The van der Waals surface area contributed by atoms with Crippen molar-refractivity contribution in [1.29, 1.82) is 0 Å². The lowest BCUT2D eigenvalue weighted by Gasteiger charge is -2.14. The summed E-state index contributed by atoms with van der Waals surface area (Å²) in [5.41, 5.74) is 0.792. The summed E-state index contributed by atoms with van der Waals surface area (Å²) in [6.07, 6.45) is -1.25. The number of esters is 1. The largest absolute Gasteiger partial charge is 0.479 e. The van der Waals surface area contributed by atoms with E-state index in [4.69, 9.17) is 5.11 Å². The lowest BCUT2D eigenvalue weighted by Crippen LogP contribution is -2.14. The molecule has 0 amide bonds. The Hall–Kier alpha value is -1.53. The molecule has 6 heteroatoms. The molecule has 2 N–H and O–H groups in total. The summed E-state index contributed by atoms with van der Waals surface area (Å²) >= 11 is 4.21. The van der Waals surface area contributed by atoms with Crippen LogP contribution in [0.5, 0.6) is 0 Å². The number of hydrogen-bond donors (Lipinski definition) is 3. The van der Waals surface area contributed by atoms with Crippen LogP contribution in [0.2, 0.25) is 0 Å². The molecule has 1 unspecified atom stereocenters. The number of benzene rings is 1. The average molecular weight is 270 g/mol. The molecule has 0 aliphatic heterocycles. The van der Waals surface area contributed by atoms with E-state index in [2.05, 4.69) is 17.4 Å². The van der Waals surface area contributed by atoms with Crippen molar-refractivity contribution in [3.63, 3.8) is 0 Å². The normalized spacial score (nSPS) is 11.9. The van der Waals surface area contributed by atoms with Crippen LogP contribution in [-0.2, 0) is 20.7 Å². The minimum Gasteiger partial charge on any atom is -0.479 e. The summed E-state index contributed by atoms with van der Waals surface area (Å²) in [4.78, 5) is 22.4. The third kappa shape index (κ3) is 3.48. The van der Waals surface area contributed by atoms with Crippen molar-refractivity contribution in [3.8, 4) is 0 Å². The van der Waals surface area contributed by atoms with Gasteiger partial charge in [-0.2, -0.15) is 0 Å². The van der Waals surface area contributed by atoms with Crippen molar-refractivity contribution in [2.45, 2.75) is 23.8 Å². The van der Waals surface area contributed by atoms with Crippen LogP contribution in [0, 0.1) is 0 Å². The van der Waals surface area contributed by atoms with E-state index in [1.807, 2.05) is 0 Å². The van der Waals surface area contributed by atoms with E-state index < -0.39 is 18.0 Å². The number of aliphatic hydroxyl groups is 1. The van der Waals surface area contributed by atoms with Gasteiger partial charge in [0.1, 0.15) is 0 Å². The number of hydrogen-bond acceptors (Lipinski definition) is 5. The summed E-state index contributed by atoms with van der Waals surface area (Å²) in [6, 6.07) is 4.78.